The fourth-order valence-corrected chi connectivity index (χ4v) is 3.81. The van der Waals surface area contributed by atoms with Crippen LogP contribution in [0.4, 0.5) is 0 Å². The van der Waals surface area contributed by atoms with E-state index in [1.807, 2.05) is 0 Å². The van der Waals surface area contributed by atoms with Crippen LogP contribution in [0.25, 0.3) is 0 Å². The van der Waals surface area contributed by atoms with Gasteiger partial charge in [0.1, 0.15) is 18.1 Å². The summed E-state index contributed by atoms with van der Waals surface area (Å²) in [6.07, 6.45) is 2.96. The second-order valence-corrected chi connectivity index (χ2v) is 8.54. The zero-order chi connectivity index (χ0) is 25.7. The normalized spacial score (nSPS) is 18.0. The van der Waals surface area contributed by atoms with E-state index in [2.05, 4.69) is 28.3 Å². The minimum absolute atomic E-state index is 0.0967. The third kappa shape index (κ3) is 9.73. The van der Waals surface area contributed by atoms with Crippen molar-refractivity contribution in [3.8, 4) is 0 Å². The number of amides is 3. The maximum absolute atomic E-state index is 13.2. The van der Waals surface area contributed by atoms with Gasteiger partial charge in [0.15, 0.2) is 5.96 Å². The Morgan fingerprint density at radius 1 is 1.06 bits per heavy atom. The minimum atomic E-state index is -1.09. The Kier molecular flexibility index (Phi) is 13.3. The predicted octanol–water partition coefficient (Wildman–Crippen LogP) is -2.53. The molecule has 0 aromatic carbocycles. The highest BCUT2D eigenvalue weighted by Gasteiger charge is 2.38. The fraction of sp³-hybridized carbons (Fsp3) is 0.750. The molecule has 3 amide bonds. The molecule has 0 aromatic rings. The topological polar surface area (TPSA) is 232 Å². The molecule has 1 fully saturated rings. The lowest BCUT2D eigenvalue weighted by Gasteiger charge is -2.29. The number of carboxylic acids is 1. The van der Waals surface area contributed by atoms with Gasteiger partial charge in [-0.05, 0) is 51.5 Å². The molecule has 0 bridgehead atoms. The fourth-order valence-electron chi connectivity index (χ4n) is 3.64. The molecule has 194 valence electrons. The van der Waals surface area contributed by atoms with Gasteiger partial charge in [-0.15, -0.1) is 0 Å². The van der Waals surface area contributed by atoms with Crippen molar-refractivity contribution in [2.45, 2.75) is 69.1 Å². The molecule has 4 unspecified atom stereocenters. The first-order valence-corrected chi connectivity index (χ1v) is 12.0. The first-order chi connectivity index (χ1) is 16.1. The van der Waals surface area contributed by atoms with Crippen LogP contribution in [0.3, 0.4) is 0 Å². The average molecular weight is 503 g/mol. The largest absolute Gasteiger partial charge is 0.480 e. The quantitative estimate of drug-likeness (QED) is 0.0509. The van der Waals surface area contributed by atoms with Crippen molar-refractivity contribution in [3.63, 3.8) is 0 Å². The van der Waals surface area contributed by atoms with Crippen molar-refractivity contribution in [1.82, 2.24) is 15.5 Å². The van der Waals surface area contributed by atoms with Gasteiger partial charge in [-0.2, -0.15) is 12.6 Å². The molecule has 11 N–H and O–H groups in total. The summed E-state index contributed by atoms with van der Waals surface area (Å²) in [6, 6.07) is -3.79. The van der Waals surface area contributed by atoms with E-state index < -0.39 is 47.9 Å². The number of likely N-dealkylation sites (tertiary alicyclic amines) is 1. The number of aliphatic carboxylic acids is 1. The molecule has 0 aliphatic carbocycles. The number of thiol groups is 1. The van der Waals surface area contributed by atoms with Crippen LogP contribution >= 0.6 is 12.6 Å². The summed E-state index contributed by atoms with van der Waals surface area (Å²) in [5, 5.41) is 14.8. The van der Waals surface area contributed by atoms with Crippen LogP contribution in [0, 0.1) is 0 Å². The lowest BCUT2D eigenvalue weighted by Crippen LogP contribution is -2.57. The molecule has 0 spiro atoms. The van der Waals surface area contributed by atoms with E-state index in [1.54, 1.807) is 0 Å². The van der Waals surface area contributed by atoms with Gasteiger partial charge in [-0.1, -0.05) is 0 Å². The van der Waals surface area contributed by atoms with Gasteiger partial charge in [-0.25, -0.2) is 4.79 Å². The number of nitrogens with two attached hydrogens (primary N) is 4. The number of nitrogens with zero attached hydrogens (tertiary/aromatic N) is 2. The second-order valence-electron chi connectivity index (χ2n) is 8.17. The van der Waals surface area contributed by atoms with Gasteiger partial charge >= 0.3 is 5.97 Å². The number of guanidine groups is 1. The number of carbonyl (C=O) groups is 4. The molecule has 4 atom stereocenters. The number of aliphatic imine (C=N–C) groups is 1. The molecule has 0 aromatic heterocycles. The number of carbonyl (C=O) groups excluding carboxylic acids is 3. The molecule has 1 aliphatic rings. The van der Waals surface area contributed by atoms with E-state index in [0.717, 1.165) is 0 Å². The van der Waals surface area contributed by atoms with E-state index in [9.17, 15) is 24.3 Å². The van der Waals surface area contributed by atoms with Crippen molar-refractivity contribution in [3.05, 3.63) is 0 Å². The van der Waals surface area contributed by atoms with Gasteiger partial charge in [0.2, 0.25) is 17.7 Å². The summed E-state index contributed by atoms with van der Waals surface area (Å²) < 4.78 is 0. The Labute approximate surface area is 204 Å². The molecule has 13 nitrogen and oxygen atoms in total. The van der Waals surface area contributed by atoms with E-state index in [0.29, 0.717) is 45.1 Å². The highest BCUT2D eigenvalue weighted by molar-refractivity contribution is 7.80. The average Bonchev–Trinajstić information content (AvgIpc) is 3.29. The Morgan fingerprint density at radius 3 is 2.29 bits per heavy atom. The molecule has 1 aliphatic heterocycles. The first kappa shape index (κ1) is 29.5. The molecule has 14 heteroatoms. The van der Waals surface area contributed by atoms with Gasteiger partial charge in [0.25, 0.3) is 0 Å². The van der Waals surface area contributed by atoms with Gasteiger partial charge < -0.3 is 43.6 Å². The van der Waals surface area contributed by atoms with Crippen LogP contribution in [0.2, 0.25) is 0 Å². The molecule has 1 heterocycles. The van der Waals surface area contributed by atoms with E-state index >= 15 is 0 Å². The first-order valence-electron chi connectivity index (χ1n) is 11.4. The lowest BCUT2D eigenvalue weighted by molar-refractivity contribution is -0.149. The van der Waals surface area contributed by atoms with Crippen molar-refractivity contribution >= 4 is 42.3 Å². The zero-order valence-electron chi connectivity index (χ0n) is 19.3. The zero-order valence-corrected chi connectivity index (χ0v) is 20.2. The van der Waals surface area contributed by atoms with Gasteiger partial charge in [0, 0.05) is 18.8 Å². The summed E-state index contributed by atoms with van der Waals surface area (Å²) in [5.74, 6) is -2.70. The van der Waals surface area contributed by atoms with Crippen molar-refractivity contribution in [2.24, 2.45) is 27.9 Å². The molecular weight excluding hydrogens is 464 g/mol. The maximum atomic E-state index is 13.2. The highest BCUT2D eigenvalue weighted by atomic mass is 32.1. The molecule has 0 radical (unpaired) electrons. The van der Waals surface area contributed by atoms with Crippen molar-refractivity contribution in [1.29, 1.82) is 0 Å². The summed E-state index contributed by atoms with van der Waals surface area (Å²) >= 11 is 4.00. The summed E-state index contributed by atoms with van der Waals surface area (Å²) in [5.41, 5.74) is 21.9. The monoisotopic (exact) mass is 502 g/mol. The molecule has 34 heavy (non-hydrogen) atoms. The third-order valence-electron chi connectivity index (χ3n) is 5.49. The second kappa shape index (κ2) is 15.3. The summed E-state index contributed by atoms with van der Waals surface area (Å²) in [4.78, 5) is 55.3. The lowest BCUT2D eigenvalue weighted by atomic mass is 10.0. The Balaban J connectivity index is 3.01. The van der Waals surface area contributed by atoms with Gasteiger partial charge in [-0.3, -0.25) is 19.4 Å². The molecule has 1 rings (SSSR count). The van der Waals surface area contributed by atoms with Crippen LogP contribution in [0.1, 0.15) is 44.9 Å². The smallest absolute Gasteiger partial charge is 0.326 e. The third-order valence-corrected chi connectivity index (χ3v) is 5.89. The minimum Gasteiger partial charge on any atom is -0.480 e. The van der Waals surface area contributed by atoms with Crippen LogP contribution < -0.4 is 33.6 Å². The van der Waals surface area contributed by atoms with E-state index in [4.69, 9.17) is 22.9 Å². The van der Waals surface area contributed by atoms with Crippen LogP contribution in [0.15, 0.2) is 4.99 Å². The van der Waals surface area contributed by atoms with Crippen LogP contribution in [-0.2, 0) is 19.2 Å². The standard InChI is InChI=1S/C20H38N8O5S/c21-8-2-1-5-13(26-16(29)12(22)11-34)17(30)27-14(6-3-9-25-20(23)24)18(31)28-10-4-7-15(28)19(32)33/h12-15,34H,1-11,21-22H2,(H,26,29)(H,27,30)(H,32,33)(H4,23,24,25). The number of hydrogen-bond donors (Lipinski definition) is 8. The maximum Gasteiger partial charge on any atom is 0.326 e. The number of nitrogens with one attached hydrogen (secondary N) is 2. The molecule has 0 saturated carbocycles. The van der Waals surface area contributed by atoms with E-state index in [-0.39, 0.29) is 31.2 Å². The summed E-state index contributed by atoms with van der Waals surface area (Å²) in [7, 11) is 0. The number of carboxylic acid groups (broad SMARTS) is 1. The van der Waals surface area contributed by atoms with Crippen molar-refractivity contribution in [2.75, 3.05) is 25.4 Å². The predicted molar refractivity (Wildman–Crippen MR) is 131 cm³/mol. The highest BCUT2D eigenvalue weighted by Crippen LogP contribution is 2.20. The van der Waals surface area contributed by atoms with Crippen molar-refractivity contribution < 1.29 is 24.3 Å². The SMILES string of the molecule is NCCCCC(NC(=O)C(N)CS)C(=O)NC(CCCN=C(N)N)C(=O)N1CCCC1C(=O)O. The molecule has 1 saturated heterocycles. The summed E-state index contributed by atoms with van der Waals surface area (Å²) in [6.45, 7) is 0.942. The number of rotatable bonds is 15. The Bertz CT molecular complexity index is 734. The van der Waals surface area contributed by atoms with Crippen LogP contribution in [0.5, 0.6) is 0 Å². The molecular formula is C20H38N8O5S. The Hall–Kier alpha value is -2.58. The van der Waals surface area contributed by atoms with Gasteiger partial charge in [0.05, 0.1) is 6.04 Å². The Morgan fingerprint density at radius 2 is 1.71 bits per heavy atom. The van der Waals surface area contributed by atoms with E-state index in [1.165, 1.54) is 4.90 Å². The number of hydrogen-bond acceptors (Lipinski definition) is 8. The van der Waals surface area contributed by atoms with Crippen LogP contribution in [-0.4, -0.2) is 89.2 Å². The number of unbranched alkanes of at least 4 members (excludes halogenated alkanes) is 1.